The van der Waals surface area contributed by atoms with E-state index in [1.54, 1.807) is 18.3 Å². The van der Waals surface area contributed by atoms with E-state index in [-0.39, 0.29) is 6.04 Å². The number of hydrogen-bond acceptors (Lipinski definition) is 5. The number of pyridine rings is 1. The first-order valence-corrected chi connectivity index (χ1v) is 5.37. The highest BCUT2D eigenvalue weighted by atomic mass is 16.4. The molecule has 17 heavy (non-hydrogen) atoms. The molecule has 6 heteroatoms. The van der Waals surface area contributed by atoms with Gasteiger partial charge in [-0.3, -0.25) is 4.98 Å². The van der Waals surface area contributed by atoms with E-state index in [9.17, 15) is 4.79 Å². The number of hydrogen-bond donors (Lipinski definition) is 1. The molecule has 0 spiro atoms. The maximum Gasteiger partial charge on any atom is 0.437 e. The van der Waals surface area contributed by atoms with Crippen LogP contribution in [0.3, 0.4) is 0 Å². The van der Waals surface area contributed by atoms with Crippen LogP contribution in [0.2, 0.25) is 0 Å². The number of rotatable bonds is 3. The van der Waals surface area contributed by atoms with Crippen molar-refractivity contribution in [2.24, 2.45) is 5.73 Å². The Morgan fingerprint density at radius 3 is 2.88 bits per heavy atom. The van der Waals surface area contributed by atoms with Crippen molar-refractivity contribution in [1.82, 2.24) is 14.8 Å². The van der Waals surface area contributed by atoms with Gasteiger partial charge in [0.15, 0.2) is 0 Å². The lowest BCUT2D eigenvalue weighted by atomic mass is 10.2. The molecule has 2 aromatic rings. The Hall–Kier alpha value is -1.95. The number of nitrogens with zero attached hydrogens (tertiary/aromatic N) is 3. The summed E-state index contributed by atoms with van der Waals surface area (Å²) in [5.74, 6) is -0.165. The Bertz CT molecular complexity index is 571. The van der Waals surface area contributed by atoms with Gasteiger partial charge in [-0.15, -0.1) is 5.10 Å². The van der Waals surface area contributed by atoms with Gasteiger partial charge in [0, 0.05) is 18.3 Å². The van der Waals surface area contributed by atoms with Gasteiger partial charge in [-0.05, 0) is 26.0 Å². The molecule has 0 unspecified atom stereocenters. The summed E-state index contributed by atoms with van der Waals surface area (Å²) in [6.45, 7) is 4.07. The number of nitrogens with two attached hydrogens (primary N) is 1. The molecule has 0 saturated heterocycles. The van der Waals surface area contributed by atoms with Crippen molar-refractivity contribution < 1.29 is 4.42 Å². The first-order valence-electron chi connectivity index (χ1n) is 5.37. The Labute approximate surface area is 98.1 Å². The van der Waals surface area contributed by atoms with Crippen LogP contribution in [-0.4, -0.2) is 14.8 Å². The zero-order chi connectivity index (χ0) is 12.4. The molecular weight excluding hydrogens is 220 g/mol. The second kappa shape index (κ2) is 4.50. The fraction of sp³-hybridized carbons (Fsp3) is 0.364. The van der Waals surface area contributed by atoms with Crippen LogP contribution in [0.25, 0.3) is 11.5 Å². The van der Waals surface area contributed by atoms with Crippen LogP contribution in [0.4, 0.5) is 0 Å². The van der Waals surface area contributed by atoms with Gasteiger partial charge < -0.3 is 10.2 Å². The van der Waals surface area contributed by atoms with E-state index in [0.29, 0.717) is 18.0 Å². The van der Waals surface area contributed by atoms with Crippen molar-refractivity contribution in [2.45, 2.75) is 26.4 Å². The molecule has 0 fully saturated rings. The number of aromatic nitrogens is 3. The largest absolute Gasteiger partial charge is 0.437 e. The predicted octanol–water partition coefficient (Wildman–Crippen LogP) is 0.938. The smallest absolute Gasteiger partial charge is 0.388 e. The van der Waals surface area contributed by atoms with E-state index in [4.69, 9.17) is 10.2 Å². The Balaban J connectivity index is 2.46. The minimum Gasteiger partial charge on any atom is -0.388 e. The summed E-state index contributed by atoms with van der Waals surface area (Å²) >= 11 is 0. The maximum absolute atomic E-state index is 11.5. The van der Waals surface area contributed by atoms with E-state index >= 15 is 0 Å². The molecule has 0 aliphatic heterocycles. The van der Waals surface area contributed by atoms with Gasteiger partial charge in [-0.25, -0.2) is 4.79 Å². The lowest BCUT2D eigenvalue weighted by molar-refractivity contribution is 0.449. The van der Waals surface area contributed by atoms with Crippen LogP contribution in [-0.2, 0) is 6.54 Å². The average Bonchev–Trinajstić information content (AvgIpc) is 2.71. The predicted molar refractivity (Wildman–Crippen MR) is 62.3 cm³/mol. The quantitative estimate of drug-likeness (QED) is 0.853. The van der Waals surface area contributed by atoms with Gasteiger partial charge in [0.1, 0.15) is 0 Å². The zero-order valence-electron chi connectivity index (χ0n) is 9.75. The highest BCUT2D eigenvalue weighted by Gasteiger charge is 2.12. The van der Waals surface area contributed by atoms with E-state index in [1.165, 1.54) is 4.68 Å². The molecule has 2 rings (SSSR count). The molecule has 0 bridgehead atoms. The SMILES string of the molecule is CC(C)n1nc(-c2ccnc(CN)c2)oc1=O. The highest BCUT2D eigenvalue weighted by Crippen LogP contribution is 2.16. The molecule has 2 aromatic heterocycles. The Kier molecular flexibility index (Phi) is 3.06. The van der Waals surface area contributed by atoms with Crippen molar-refractivity contribution in [3.63, 3.8) is 0 Å². The third kappa shape index (κ3) is 2.26. The van der Waals surface area contributed by atoms with E-state index in [0.717, 1.165) is 5.69 Å². The van der Waals surface area contributed by atoms with Crippen molar-refractivity contribution in [3.05, 3.63) is 34.6 Å². The molecule has 0 atom stereocenters. The van der Waals surface area contributed by atoms with Crippen molar-refractivity contribution >= 4 is 0 Å². The van der Waals surface area contributed by atoms with E-state index < -0.39 is 5.76 Å². The van der Waals surface area contributed by atoms with Gasteiger partial charge in [0.05, 0.1) is 11.7 Å². The third-order valence-corrected chi connectivity index (χ3v) is 2.33. The molecule has 2 heterocycles. The van der Waals surface area contributed by atoms with Gasteiger partial charge in [-0.2, -0.15) is 4.68 Å². The fourth-order valence-electron chi connectivity index (χ4n) is 1.45. The van der Waals surface area contributed by atoms with Crippen LogP contribution < -0.4 is 11.5 Å². The molecule has 0 amide bonds. The van der Waals surface area contributed by atoms with E-state index in [2.05, 4.69) is 10.1 Å². The summed E-state index contributed by atoms with van der Waals surface area (Å²) in [5.41, 5.74) is 6.93. The fourth-order valence-corrected chi connectivity index (χ4v) is 1.45. The summed E-state index contributed by atoms with van der Waals surface area (Å²) in [6.07, 6.45) is 1.62. The summed E-state index contributed by atoms with van der Waals surface area (Å²) in [5, 5.41) is 4.12. The van der Waals surface area contributed by atoms with Crippen LogP contribution in [0.15, 0.2) is 27.5 Å². The van der Waals surface area contributed by atoms with Gasteiger partial charge >= 0.3 is 5.76 Å². The molecule has 2 N–H and O–H groups in total. The third-order valence-electron chi connectivity index (χ3n) is 2.33. The normalized spacial score (nSPS) is 11.1. The van der Waals surface area contributed by atoms with Crippen molar-refractivity contribution in [2.75, 3.05) is 0 Å². The van der Waals surface area contributed by atoms with Crippen LogP contribution in [0.1, 0.15) is 25.6 Å². The van der Waals surface area contributed by atoms with Gasteiger partial charge in [0.25, 0.3) is 0 Å². The summed E-state index contributed by atoms with van der Waals surface area (Å²) < 4.78 is 6.39. The Morgan fingerprint density at radius 2 is 2.29 bits per heavy atom. The van der Waals surface area contributed by atoms with Gasteiger partial charge in [-0.1, -0.05) is 0 Å². The average molecular weight is 234 g/mol. The van der Waals surface area contributed by atoms with Crippen molar-refractivity contribution in [1.29, 1.82) is 0 Å². The standard InChI is InChI=1S/C11H14N4O2/c1-7(2)15-11(16)17-10(14-15)8-3-4-13-9(5-8)6-12/h3-5,7H,6,12H2,1-2H3. The molecule has 90 valence electrons. The molecule has 0 aromatic carbocycles. The molecular formula is C11H14N4O2. The van der Waals surface area contributed by atoms with Crippen LogP contribution >= 0.6 is 0 Å². The summed E-state index contributed by atoms with van der Waals surface area (Å²) in [6, 6.07) is 3.46. The minimum atomic E-state index is -0.457. The molecule has 0 aliphatic rings. The second-order valence-electron chi connectivity index (χ2n) is 3.95. The lowest BCUT2D eigenvalue weighted by Gasteiger charge is -2.00. The minimum absolute atomic E-state index is 0.0317. The monoisotopic (exact) mass is 234 g/mol. The second-order valence-corrected chi connectivity index (χ2v) is 3.95. The molecule has 0 aliphatic carbocycles. The van der Waals surface area contributed by atoms with Gasteiger partial charge in [0.2, 0.25) is 5.89 Å². The molecule has 0 radical (unpaired) electrons. The zero-order valence-corrected chi connectivity index (χ0v) is 9.75. The highest BCUT2D eigenvalue weighted by molar-refractivity contribution is 5.52. The van der Waals surface area contributed by atoms with Crippen LogP contribution in [0, 0.1) is 0 Å². The summed E-state index contributed by atoms with van der Waals surface area (Å²) in [4.78, 5) is 15.6. The van der Waals surface area contributed by atoms with Crippen LogP contribution in [0.5, 0.6) is 0 Å². The maximum atomic E-state index is 11.5. The van der Waals surface area contributed by atoms with Crippen molar-refractivity contribution in [3.8, 4) is 11.5 Å². The molecule has 6 nitrogen and oxygen atoms in total. The molecule has 0 saturated carbocycles. The lowest BCUT2D eigenvalue weighted by Crippen LogP contribution is -2.17. The summed E-state index contributed by atoms with van der Waals surface area (Å²) in [7, 11) is 0. The first kappa shape index (κ1) is 11.5. The Morgan fingerprint density at radius 1 is 1.53 bits per heavy atom. The topological polar surface area (TPSA) is 86.9 Å². The first-order chi connectivity index (χ1) is 8.11. The van der Waals surface area contributed by atoms with E-state index in [1.807, 2.05) is 13.8 Å².